The zero-order valence-corrected chi connectivity index (χ0v) is 11.4. The molecular formula is C17H14N4. The van der Waals surface area contributed by atoms with Crippen LogP contribution in [0, 0.1) is 11.3 Å². The largest absolute Gasteiger partial charge is 0.399 e. The fourth-order valence-electron chi connectivity index (χ4n) is 2.28. The third-order valence-corrected chi connectivity index (χ3v) is 3.36. The third-order valence-electron chi connectivity index (χ3n) is 3.36. The monoisotopic (exact) mass is 274 g/mol. The molecule has 1 aromatic heterocycles. The van der Waals surface area contributed by atoms with Gasteiger partial charge < -0.3 is 10.3 Å². The molecule has 0 atom stereocenters. The second-order valence-corrected chi connectivity index (χ2v) is 4.77. The van der Waals surface area contributed by atoms with Gasteiger partial charge in [-0.05, 0) is 35.9 Å². The molecule has 0 aliphatic heterocycles. The summed E-state index contributed by atoms with van der Waals surface area (Å²) in [6, 6.07) is 17.4. The highest BCUT2D eigenvalue weighted by Crippen LogP contribution is 2.20. The number of imidazole rings is 1. The molecule has 4 nitrogen and oxygen atoms in total. The van der Waals surface area contributed by atoms with Crippen LogP contribution >= 0.6 is 0 Å². The molecule has 3 aromatic rings. The number of rotatable bonds is 3. The summed E-state index contributed by atoms with van der Waals surface area (Å²) in [6.45, 7) is 0.615. The van der Waals surface area contributed by atoms with Crippen molar-refractivity contribution in [2.45, 2.75) is 6.54 Å². The first-order chi connectivity index (χ1) is 10.3. The first kappa shape index (κ1) is 12.9. The number of hydrogen-bond acceptors (Lipinski definition) is 3. The van der Waals surface area contributed by atoms with E-state index in [9.17, 15) is 5.26 Å². The highest BCUT2D eigenvalue weighted by atomic mass is 15.1. The Kier molecular flexibility index (Phi) is 3.40. The minimum atomic E-state index is 0.615. The van der Waals surface area contributed by atoms with Crippen molar-refractivity contribution >= 4 is 5.69 Å². The van der Waals surface area contributed by atoms with Crippen molar-refractivity contribution in [3.8, 4) is 17.5 Å². The van der Waals surface area contributed by atoms with Crippen molar-refractivity contribution < 1.29 is 0 Å². The molecule has 0 amide bonds. The lowest BCUT2D eigenvalue weighted by Crippen LogP contribution is -2.03. The number of nitrogen functional groups attached to an aromatic ring is 1. The van der Waals surface area contributed by atoms with Gasteiger partial charge in [-0.15, -0.1) is 0 Å². The van der Waals surface area contributed by atoms with E-state index in [1.54, 1.807) is 6.20 Å². The Morgan fingerprint density at radius 2 is 1.86 bits per heavy atom. The molecule has 0 saturated carbocycles. The van der Waals surface area contributed by atoms with Crippen molar-refractivity contribution in [1.29, 1.82) is 5.26 Å². The number of aromatic nitrogens is 2. The molecule has 0 fully saturated rings. The van der Waals surface area contributed by atoms with Crippen LogP contribution in [0.15, 0.2) is 60.9 Å². The molecule has 2 aromatic carbocycles. The van der Waals surface area contributed by atoms with Crippen LogP contribution < -0.4 is 5.73 Å². The van der Waals surface area contributed by atoms with Gasteiger partial charge >= 0.3 is 0 Å². The van der Waals surface area contributed by atoms with Crippen molar-refractivity contribution in [2.24, 2.45) is 0 Å². The lowest BCUT2D eigenvalue weighted by molar-refractivity contribution is 0.805. The summed E-state index contributed by atoms with van der Waals surface area (Å²) in [5.74, 6) is 0.864. The minimum absolute atomic E-state index is 0.615. The second-order valence-electron chi connectivity index (χ2n) is 4.77. The highest BCUT2D eigenvalue weighted by molar-refractivity contribution is 5.59. The highest BCUT2D eigenvalue weighted by Gasteiger charge is 2.08. The third kappa shape index (κ3) is 2.63. The summed E-state index contributed by atoms with van der Waals surface area (Å²) in [5, 5.41) is 9.18. The maximum absolute atomic E-state index is 9.18. The van der Waals surface area contributed by atoms with E-state index < -0.39 is 0 Å². The maximum atomic E-state index is 9.18. The van der Waals surface area contributed by atoms with E-state index in [1.165, 1.54) is 0 Å². The van der Waals surface area contributed by atoms with E-state index >= 15 is 0 Å². The smallest absolute Gasteiger partial charge is 0.140 e. The summed E-state index contributed by atoms with van der Waals surface area (Å²) < 4.78 is 2.03. The van der Waals surface area contributed by atoms with Crippen LogP contribution in [0.5, 0.6) is 0 Å². The minimum Gasteiger partial charge on any atom is -0.399 e. The Balaban J connectivity index is 1.96. The van der Waals surface area contributed by atoms with Crippen LogP contribution in [0.1, 0.15) is 11.1 Å². The number of hydrogen-bond donors (Lipinski definition) is 1. The predicted molar refractivity (Wildman–Crippen MR) is 82.3 cm³/mol. The molecule has 3 rings (SSSR count). The van der Waals surface area contributed by atoms with Gasteiger partial charge in [0.05, 0.1) is 18.2 Å². The second kappa shape index (κ2) is 5.51. The van der Waals surface area contributed by atoms with Crippen molar-refractivity contribution in [3.63, 3.8) is 0 Å². The molecule has 21 heavy (non-hydrogen) atoms. The first-order valence-corrected chi connectivity index (χ1v) is 6.63. The summed E-state index contributed by atoms with van der Waals surface area (Å²) in [4.78, 5) is 4.41. The molecule has 0 aliphatic carbocycles. The van der Waals surface area contributed by atoms with Gasteiger partial charge in [0.2, 0.25) is 0 Å². The number of anilines is 1. The van der Waals surface area contributed by atoms with Crippen LogP contribution in [-0.4, -0.2) is 9.55 Å². The Bertz CT molecular complexity index is 794. The van der Waals surface area contributed by atoms with Gasteiger partial charge in [-0.25, -0.2) is 4.98 Å². The number of nitriles is 1. The summed E-state index contributed by atoms with van der Waals surface area (Å²) in [6.07, 6.45) is 3.68. The molecule has 4 heteroatoms. The Morgan fingerprint density at radius 3 is 2.62 bits per heavy atom. The molecule has 102 valence electrons. The molecule has 0 spiro atoms. The topological polar surface area (TPSA) is 67.6 Å². The van der Waals surface area contributed by atoms with E-state index in [1.807, 2.05) is 59.3 Å². The Hall–Kier alpha value is -3.06. The molecule has 0 bridgehead atoms. The van der Waals surface area contributed by atoms with E-state index in [2.05, 4.69) is 11.1 Å². The molecule has 0 saturated heterocycles. The molecule has 2 N–H and O–H groups in total. The molecule has 0 radical (unpaired) electrons. The average Bonchev–Trinajstić information content (AvgIpc) is 2.97. The van der Waals surface area contributed by atoms with Gasteiger partial charge in [-0.2, -0.15) is 5.26 Å². The fourth-order valence-corrected chi connectivity index (χ4v) is 2.28. The van der Waals surface area contributed by atoms with Crippen LogP contribution in [0.25, 0.3) is 11.4 Å². The number of benzene rings is 2. The van der Waals surface area contributed by atoms with E-state index in [4.69, 9.17) is 5.73 Å². The number of nitrogens with zero attached hydrogens (tertiary/aromatic N) is 3. The van der Waals surface area contributed by atoms with Crippen LogP contribution in [0.4, 0.5) is 5.69 Å². The van der Waals surface area contributed by atoms with Crippen LogP contribution in [0.3, 0.4) is 0 Å². The zero-order chi connectivity index (χ0) is 14.7. The van der Waals surface area contributed by atoms with E-state index in [-0.39, 0.29) is 0 Å². The van der Waals surface area contributed by atoms with E-state index in [0.29, 0.717) is 12.1 Å². The van der Waals surface area contributed by atoms with Crippen molar-refractivity contribution in [2.75, 3.05) is 5.73 Å². The lowest BCUT2D eigenvalue weighted by atomic mass is 10.1. The average molecular weight is 274 g/mol. The molecule has 1 heterocycles. The Morgan fingerprint density at radius 1 is 1.10 bits per heavy atom. The van der Waals surface area contributed by atoms with Gasteiger partial charge in [-0.3, -0.25) is 0 Å². The molecule has 0 aliphatic rings. The van der Waals surface area contributed by atoms with Gasteiger partial charge in [0.1, 0.15) is 5.82 Å². The SMILES string of the molecule is N#Cc1ccccc1Cn1ccnc1-c1ccc(N)cc1. The molecule has 0 unspecified atom stereocenters. The zero-order valence-electron chi connectivity index (χ0n) is 11.4. The fraction of sp³-hybridized carbons (Fsp3) is 0.0588. The van der Waals surface area contributed by atoms with Crippen LogP contribution in [-0.2, 0) is 6.54 Å². The first-order valence-electron chi connectivity index (χ1n) is 6.63. The molecular weight excluding hydrogens is 260 g/mol. The van der Waals surface area contributed by atoms with Gasteiger partial charge in [0.15, 0.2) is 0 Å². The van der Waals surface area contributed by atoms with Gasteiger partial charge in [0, 0.05) is 23.6 Å². The maximum Gasteiger partial charge on any atom is 0.140 e. The summed E-state index contributed by atoms with van der Waals surface area (Å²) in [7, 11) is 0. The summed E-state index contributed by atoms with van der Waals surface area (Å²) >= 11 is 0. The normalized spacial score (nSPS) is 10.2. The summed E-state index contributed by atoms with van der Waals surface area (Å²) in [5.41, 5.74) is 9.12. The van der Waals surface area contributed by atoms with Gasteiger partial charge in [-0.1, -0.05) is 18.2 Å². The predicted octanol–water partition coefficient (Wildman–Crippen LogP) is 3.05. The quantitative estimate of drug-likeness (QED) is 0.746. The van der Waals surface area contributed by atoms with Crippen molar-refractivity contribution in [1.82, 2.24) is 9.55 Å². The van der Waals surface area contributed by atoms with Crippen LogP contribution in [0.2, 0.25) is 0 Å². The van der Waals surface area contributed by atoms with E-state index in [0.717, 1.165) is 22.6 Å². The standard InChI is InChI=1S/C17H14N4/c18-11-14-3-1-2-4-15(14)12-21-10-9-20-17(21)13-5-7-16(19)8-6-13/h1-10H,12,19H2. The Labute approximate surface area is 123 Å². The van der Waals surface area contributed by atoms with Crippen molar-refractivity contribution in [3.05, 3.63) is 72.1 Å². The van der Waals surface area contributed by atoms with Gasteiger partial charge in [0.25, 0.3) is 0 Å². The lowest BCUT2D eigenvalue weighted by Gasteiger charge is -2.09. The number of nitrogens with two attached hydrogens (primary N) is 1.